The summed E-state index contributed by atoms with van der Waals surface area (Å²) in [6.45, 7) is 5.99. The van der Waals surface area contributed by atoms with Gasteiger partial charge in [-0.05, 0) is 32.1 Å². The Balaban J connectivity index is 2.03. The molecule has 0 aliphatic heterocycles. The Bertz CT molecular complexity index is 336. The number of hydrogen-bond donors (Lipinski definition) is 0. The van der Waals surface area contributed by atoms with Crippen molar-refractivity contribution in [2.45, 2.75) is 38.5 Å². The summed E-state index contributed by atoms with van der Waals surface area (Å²) in [6, 6.07) is 0.622. The molecule has 4 nitrogen and oxygen atoms in total. The number of halogens is 1. The lowest BCUT2D eigenvalue weighted by atomic mass is 10.3. The molecule has 0 radical (unpaired) electrons. The number of aromatic nitrogens is 2. The molecule has 0 spiro atoms. The largest absolute Gasteiger partial charge is 0.406 e. The van der Waals surface area contributed by atoms with E-state index in [0.717, 1.165) is 25.4 Å². The van der Waals surface area contributed by atoms with E-state index in [2.05, 4.69) is 22.0 Å². The fourth-order valence-electron chi connectivity index (χ4n) is 1.66. The van der Waals surface area contributed by atoms with Gasteiger partial charge in [-0.3, -0.25) is 0 Å². The van der Waals surface area contributed by atoms with Crippen LogP contribution >= 0.6 is 11.6 Å². The SMILES string of the molecule is CCCN(CC1CC1)c1nnc(C(C)Cl)o1. The fraction of sp³-hybridized carbons (Fsp3) is 0.818. The highest BCUT2D eigenvalue weighted by Crippen LogP contribution is 2.31. The predicted octanol–water partition coefficient (Wildman–Crippen LogP) is 3.00. The van der Waals surface area contributed by atoms with E-state index in [4.69, 9.17) is 16.0 Å². The number of anilines is 1. The highest BCUT2D eigenvalue weighted by molar-refractivity contribution is 6.20. The Morgan fingerprint density at radius 3 is 2.75 bits per heavy atom. The maximum atomic E-state index is 5.90. The van der Waals surface area contributed by atoms with Gasteiger partial charge < -0.3 is 9.32 Å². The zero-order valence-corrected chi connectivity index (χ0v) is 10.6. The van der Waals surface area contributed by atoms with E-state index in [0.29, 0.717) is 11.9 Å². The van der Waals surface area contributed by atoms with Gasteiger partial charge in [0.05, 0.1) is 0 Å². The lowest BCUT2D eigenvalue weighted by molar-refractivity contribution is 0.478. The average molecular weight is 244 g/mol. The van der Waals surface area contributed by atoms with Crippen LogP contribution in [0.15, 0.2) is 4.42 Å². The summed E-state index contributed by atoms with van der Waals surface area (Å²) in [6.07, 6.45) is 3.74. The molecule has 1 fully saturated rings. The summed E-state index contributed by atoms with van der Waals surface area (Å²) in [5.74, 6) is 1.32. The second-order valence-electron chi connectivity index (χ2n) is 4.43. The first-order chi connectivity index (χ1) is 7.70. The maximum absolute atomic E-state index is 5.90. The molecular weight excluding hydrogens is 226 g/mol. The average Bonchev–Trinajstić information content (AvgIpc) is 2.92. The molecule has 5 heteroatoms. The minimum atomic E-state index is -0.217. The van der Waals surface area contributed by atoms with Crippen molar-refractivity contribution in [3.8, 4) is 0 Å². The fourth-order valence-corrected chi connectivity index (χ4v) is 1.75. The molecule has 1 heterocycles. The summed E-state index contributed by atoms with van der Waals surface area (Å²) in [4.78, 5) is 2.17. The van der Waals surface area contributed by atoms with Crippen LogP contribution < -0.4 is 4.90 Å². The molecule has 1 aromatic rings. The molecule has 0 bridgehead atoms. The van der Waals surface area contributed by atoms with Gasteiger partial charge in [0.25, 0.3) is 0 Å². The molecule has 0 amide bonds. The Morgan fingerprint density at radius 2 is 2.25 bits per heavy atom. The van der Waals surface area contributed by atoms with Crippen molar-refractivity contribution in [2.24, 2.45) is 5.92 Å². The van der Waals surface area contributed by atoms with Gasteiger partial charge in [-0.1, -0.05) is 12.0 Å². The number of hydrogen-bond acceptors (Lipinski definition) is 4. The monoisotopic (exact) mass is 243 g/mol. The molecule has 0 aromatic carbocycles. The summed E-state index contributed by atoms with van der Waals surface area (Å²) in [7, 11) is 0. The third-order valence-electron chi connectivity index (χ3n) is 2.71. The Kier molecular flexibility index (Phi) is 3.69. The Hall–Kier alpha value is -0.770. The van der Waals surface area contributed by atoms with E-state index in [1.807, 2.05) is 6.92 Å². The Labute approximate surface area is 101 Å². The van der Waals surface area contributed by atoms with E-state index < -0.39 is 0 Å². The van der Waals surface area contributed by atoms with E-state index in [1.54, 1.807) is 0 Å². The zero-order chi connectivity index (χ0) is 11.5. The van der Waals surface area contributed by atoms with Crippen LogP contribution in [0, 0.1) is 5.92 Å². The van der Waals surface area contributed by atoms with Crippen LogP contribution in [0.5, 0.6) is 0 Å². The lowest BCUT2D eigenvalue weighted by Gasteiger charge is -2.18. The predicted molar refractivity (Wildman–Crippen MR) is 63.8 cm³/mol. The molecule has 0 N–H and O–H groups in total. The van der Waals surface area contributed by atoms with Crippen LogP contribution in [0.1, 0.15) is 44.4 Å². The topological polar surface area (TPSA) is 42.2 Å². The lowest BCUT2D eigenvalue weighted by Crippen LogP contribution is -2.26. The second kappa shape index (κ2) is 5.04. The molecule has 1 unspecified atom stereocenters. The maximum Gasteiger partial charge on any atom is 0.318 e. The highest BCUT2D eigenvalue weighted by Gasteiger charge is 2.26. The van der Waals surface area contributed by atoms with Crippen molar-refractivity contribution in [3.05, 3.63) is 5.89 Å². The quantitative estimate of drug-likeness (QED) is 0.721. The van der Waals surface area contributed by atoms with Crippen LogP contribution in [0.25, 0.3) is 0 Å². The van der Waals surface area contributed by atoms with Crippen molar-refractivity contribution in [1.82, 2.24) is 10.2 Å². The highest BCUT2D eigenvalue weighted by atomic mass is 35.5. The van der Waals surface area contributed by atoms with Gasteiger partial charge in [0.1, 0.15) is 5.38 Å². The molecular formula is C11H18ClN3O. The summed E-state index contributed by atoms with van der Waals surface area (Å²) < 4.78 is 5.56. The van der Waals surface area contributed by atoms with Gasteiger partial charge in [-0.25, -0.2) is 0 Å². The molecule has 1 aromatic heterocycles. The molecule has 2 rings (SSSR count). The summed E-state index contributed by atoms with van der Waals surface area (Å²) >= 11 is 5.90. The van der Waals surface area contributed by atoms with Crippen molar-refractivity contribution >= 4 is 17.6 Å². The van der Waals surface area contributed by atoms with Crippen LogP contribution in [0.2, 0.25) is 0 Å². The summed E-state index contributed by atoms with van der Waals surface area (Å²) in [5, 5.41) is 7.80. The third kappa shape index (κ3) is 2.88. The molecule has 0 saturated heterocycles. The zero-order valence-electron chi connectivity index (χ0n) is 9.82. The van der Waals surface area contributed by atoms with Crippen molar-refractivity contribution in [2.75, 3.05) is 18.0 Å². The van der Waals surface area contributed by atoms with E-state index in [-0.39, 0.29) is 5.38 Å². The van der Waals surface area contributed by atoms with Gasteiger partial charge in [-0.2, -0.15) is 0 Å². The molecule has 1 saturated carbocycles. The van der Waals surface area contributed by atoms with E-state index in [9.17, 15) is 0 Å². The van der Waals surface area contributed by atoms with E-state index in [1.165, 1.54) is 12.8 Å². The van der Waals surface area contributed by atoms with Gasteiger partial charge >= 0.3 is 6.01 Å². The van der Waals surface area contributed by atoms with Crippen LogP contribution in [0.4, 0.5) is 6.01 Å². The Morgan fingerprint density at radius 1 is 1.50 bits per heavy atom. The van der Waals surface area contributed by atoms with Crippen molar-refractivity contribution in [3.63, 3.8) is 0 Å². The van der Waals surface area contributed by atoms with E-state index >= 15 is 0 Å². The van der Waals surface area contributed by atoms with Crippen LogP contribution in [-0.2, 0) is 0 Å². The van der Waals surface area contributed by atoms with Crippen LogP contribution in [-0.4, -0.2) is 23.3 Å². The smallest absolute Gasteiger partial charge is 0.318 e. The number of alkyl halides is 1. The minimum Gasteiger partial charge on any atom is -0.406 e. The second-order valence-corrected chi connectivity index (χ2v) is 5.08. The summed E-state index contributed by atoms with van der Waals surface area (Å²) in [5.41, 5.74) is 0. The minimum absolute atomic E-state index is 0.217. The first-order valence-corrected chi connectivity index (χ1v) is 6.36. The number of nitrogens with zero attached hydrogens (tertiary/aromatic N) is 3. The van der Waals surface area contributed by atoms with Gasteiger partial charge in [0.15, 0.2) is 0 Å². The van der Waals surface area contributed by atoms with Crippen molar-refractivity contribution in [1.29, 1.82) is 0 Å². The first-order valence-electron chi connectivity index (χ1n) is 5.93. The van der Waals surface area contributed by atoms with Crippen molar-refractivity contribution < 1.29 is 4.42 Å². The molecule has 16 heavy (non-hydrogen) atoms. The first kappa shape index (κ1) is 11.7. The standard InChI is InChI=1S/C11H18ClN3O/c1-3-6-15(7-9-4-5-9)11-14-13-10(16-11)8(2)12/h8-9H,3-7H2,1-2H3. The van der Waals surface area contributed by atoms with Gasteiger partial charge in [0, 0.05) is 13.1 Å². The molecule has 90 valence electrons. The van der Waals surface area contributed by atoms with Gasteiger partial charge in [-0.15, -0.1) is 16.7 Å². The van der Waals surface area contributed by atoms with Gasteiger partial charge in [0.2, 0.25) is 5.89 Å². The third-order valence-corrected chi connectivity index (χ3v) is 2.90. The normalized spacial score (nSPS) is 17.4. The van der Waals surface area contributed by atoms with Crippen LogP contribution in [0.3, 0.4) is 0 Å². The molecule has 1 aliphatic carbocycles. The number of rotatable bonds is 6. The molecule has 1 aliphatic rings. The molecule has 1 atom stereocenters.